The number of amides is 1. The first-order valence-electron chi connectivity index (χ1n) is 7.45. The Morgan fingerprint density at radius 1 is 1.12 bits per heavy atom. The second-order valence-corrected chi connectivity index (χ2v) is 6.57. The standard InChI is InChI=1S/C17H13ClN4O3S/c18-12-5-1-10(2-6-12)15-20-17(22-21-15)26-9-14(23)19-13-7-3-11(4-8-13)16(24)25/h1-8H,9H2,(H,19,23)(H,24,25)(H,20,21,22). The van der Waals surface area contributed by atoms with Crippen molar-refractivity contribution < 1.29 is 14.7 Å². The van der Waals surface area contributed by atoms with Crippen molar-refractivity contribution in [2.24, 2.45) is 0 Å². The molecule has 0 saturated carbocycles. The number of aromatic amines is 1. The van der Waals surface area contributed by atoms with Crippen LogP contribution in [0.4, 0.5) is 5.69 Å². The smallest absolute Gasteiger partial charge is 0.335 e. The number of anilines is 1. The predicted molar refractivity (Wildman–Crippen MR) is 99.6 cm³/mol. The van der Waals surface area contributed by atoms with Gasteiger partial charge in [-0.25, -0.2) is 9.78 Å². The molecule has 0 radical (unpaired) electrons. The molecule has 1 amide bonds. The summed E-state index contributed by atoms with van der Waals surface area (Å²) in [5.74, 6) is -0.539. The minimum atomic E-state index is -1.01. The summed E-state index contributed by atoms with van der Waals surface area (Å²) in [4.78, 5) is 27.1. The molecule has 3 rings (SSSR count). The summed E-state index contributed by atoms with van der Waals surface area (Å²) in [5, 5.41) is 19.5. The van der Waals surface area contributed by atoms with Crippen molar-refractivity contribution in [1.29, 1.82) is 0 Å². The number of nitrogens with one attached hydrogen (secondary N) is 2. The number of aromatic nitrogens is 3. The Bertz CT molecular complexity index is 926. The van der Waals surface area contributed by atoms with Gasteiger partial charge in [-0.3, -0.25) is 9.89 Å². The molecule has 132 valence electrons. The highest BCUT2D eigenvalue weighted by molar-refractivity contribution is 7.99. The van der Waals surface area contributed by atoms with Gasteiger partial charge in [0, 0.05) is 16.3 Å². The van der Waals surface area contributed by atoms with Gasteiger partial charge in [0.05, 0.1) is 11.3 Å². The molecule has 3 aromatic rings. The fraction of sp³-hybridized carbons (Fsp3) is 0.0588. The van der Waals surface area contributed by atoms with E-state index < -0.39 is 5.97 Å². The van der Waals surface area contributed by atoms with Crippen molar-refractivity contribution in [3.8, 4) is 11.4 Å². The van der Waals surface area contributed by atoms with Crippen LogP contribution >= 0.6 is 23.4 Å². The van der Waals surface area contributed by atoms with E-state index in [1.807, 2.05) is 12.1 Å². The Morgan fingerprint density at radius 2 is 1.81 bits per heavy atom. The fourth-order valence-electron chi connectivity index (χ4n) is 2.07. The zero-order valence-corrected chi connectivity index (χ0v) is 14.8. The first kappa shape index (κ1) is 18.0. The Hall–Kier alpha value is -2.84. The largest absolute Gasteiger partial charge is 0.478 e. The molecule has 0 aliphatic carbocycles. The number of carboxylic acid groups (broad SMARTS) is 1. The van der Waals surface area contributed by atoms with Gasteiger partial charge in [-0.05, 0) is 48.5 Å². The molecule has 0 aliphatic heterocycles. The normalized spacial score (nSPS) is 10.5. The zero-order valence-electron chi connectivity index (χ0n) is 13.3. The number of nitrogens with zero attached hydrogens (tertiary/aromatic N) is 2. The first-order chi connectivity index (χ1) is 12.5. The van der Waals surface area contributed by atoms with Gasteiger partial charge in [0.25, 0.3) is 0 Å². The summed E-state index contributed by atoms with van der Waals surface area (Å²) in [6.07, 6.45) is 0. The summed E-state index contributed by atoms with van der Waals surface area (Å²) in [6.45, 7) is 0. The van der Waals surface area contributed by atoms with Crippen molar-refractivity contribution >= 4 is 40.9 Å². The van der Waals surface area contributed by atoms with Gasteiger partial charge in [-0.15, -0.1) is 5.10 Å². The van der Waals surface area contributed by atoms with Gasteiger partial charge in [0.1, 0.15) is 0 Å². The lowest BCUT2D eigenvalue weighted by Gasteiger charge is -2.04. The number of hydrogen-bond acceptors (Lipinski definition) is 5. The highest BCUT2D eigenvalue weighted by Gasteiger charge is 2.10. The maximum atomic E-state index is 12.0. The summed E-state index contributed by atoms with van der Waals surface area (Å²) in [6, 6.07) is 13.1. The number of carbonyl (C=O) groups excluding carboxylic acids is 1. The fourth-order valence-corrected chi connectivity index (χ4v) is 2.80. The molecule has 3 N–H and O–H groups in total. The van der Waals surface area contributed by atoms with Crippen LogP contribution < -0.4 is 5.32 Å². The highest BCUT2D eigenvalue weighted by Crippen LogP contribution is 2.21. The molecule has 0 saturated heterocycles. The van der Waals surface area contributed by atoms with Gasteiger partial charge < -0.3 is 10.4 Å². The molecule has 7 nitrogen and oxygen atoms in total. The van der Waals surface area contributed by atoms with Crippen LogP contribution in [0.15, 0.2) is 53.7 Å². The minimum Gasteiger partial charge on any atom is -0.478 e. The lowest BCUT2D eigenvalue weighted by Crippen LogP contribution is -2.14. The second-order valence-electron chi connectivity index (χ2n) is 5.19. The molecular formula is C17H13ClN4O3S. The number of aromatic carboxylic acids is 1. The van der Waals surface area contributed by atoms with Crippen LogP contribution in [0.2, 0.25) is 5.02 Å². The second kappa shape index (κ2) is 8.03. The summed E-state index contributed by atoms with van der Waals surface area (Å²) in [5.41, 5.74) is 1.53. The zero-order chi connectivity index (χ0) is 18.5. The predicted octanol–water partition coefficient (Wildman–Crippen LogP) is 3.55. The molecule has 0 atom stereocenters. The average Bonchev–Trinajstić information content (AvgIpc) is 3.10. The van der Waals surface area contributed by atoms with E-state index in [4.69, 9.17) is 16.7 Å². The van der Waals surface area contributed by atoms with E-state index in [0.29, 0.717) is 21.7 Å². The van der Waals surface area contributed by atoms with Crippen LogP contribution in [0.3, 0.4) is 0 Å². The van der Waals surface area contributed by atoms with Crippen LogP contribution in [0.1, 0.15) is 10.4 Å². The quantitative estimate of drug-likeness (QED) is 0.557. The maximum Gasteiger partial charge on any atom is 0.335 e. The Morgan fingerprint density at radius 3 is 2.46 bits per heavy atom. The number of thioether (sulfide) groups is 1. The van der Waals surface area contributed by atoms with E-state index in [9.17, 15) is 9.59 Å². The van der Waals surface area contributed by atoms with Crippen molar-refractivity contribution in [2.75, 3.05) is 11.1 Å². The molecule has 2 aromatic carbocycles. The minimum absolute atomic E-state index is 0.124. The van der Waals surface area contributed by atoms with E-state index in [2.05, 4.69) is 20.5 Å². The van der Waals surface area contributed by atoms with Crippen LogP contribution in [-0.4, -0.2) is 37.9 Å². The van der Waals surface area contributed by atoms with Gasteiger partial charge in [0.15, 0.2) is 5.82 Å². The SMILES string of the molecule is O=C(CSc1n[nH]c(-c2ccc(Cl)cc2)n1)Nc1ccc(C(=O)O)cc1. The van der Waals surface area contributed by atoms with Gasteiger partial charge in [0.2, 0.25) is 11.1 Å². The van der Waals surface area contributed by atoms with Crippen molar-refractivity contribution in [3.05, 3.63) is 59.1 Å². The number of benzene rings is 2. The molecule has 0 spiro atoms. The lowest BCUT2D eigenvalue weighted by atomic mass is 10.2. The van der Waals surface area contributed by atoms with Crippen LogP contribution in [-0.2, 0) is 4.79 Å². The Balaban J connectivity index is 1.54. The summed E-state index contributed by atoms with van der Waals surface area (Å²) in [7, 11) is 0. The molecule has 0 bridgehead atoms. The van der Waals surface area contributed by atoms with E-state index in [0.717, 1.165) is 5.56 Å². The van der Waals surface area contributed by atoms with E-state index in [1.165, 1.54) is 36.0 Å². The van der Waals surface area contributed by atoms with E-state index >= 15 is 0 Å². The first-order valence-corrected chi connectivity index (χ1v) is 8.82. The topological polar surface area (TPSA) is 108 Å². The number of carbonyl (C=O) groups is 2. The number of carboxylic acids is 1. The van der Waals surface area contributed by atoms with Crippen LogP contribution in [0, 0.1) is 0 Å². The van der Waals surface area contributed by atoms with Crippen molar-refractivity contribution in [2.45, 2.75) is 5.16 Å². The number of hydrogen-bond donors (Lipinski definition) is 3. The molecule has 0 aliphatic rings. The molecular weight excluding hydrogens is 376 g/mol. The molecule has 26 heavy (non-hydrogen) atoms. The molecule has 0 unspecified atom stereocenters. The van der Waals surface area contributed by atoms with Crippen molar-refractivity contribution in [1.82, 2.24) is 15.2 Å². The summed E-state index contributed by atoms with van der Waals surface area (Å²) < 4.78 is 0. The molecule has 1 aromatic heterocycles. The third-order valence-corrected chi connectivity index (χ3v) is 4.43. The number of halogens is 1. The van der Waals surface area contributed by atoms with E-state index in [-0.39, 0.29) is 17.2 Å². The highest BCUT2D eigenvalue weighted by atomic mass is 35.5. The number of rotatable bonds is 6. The molecule has 9 heteroatoms. The third kappa shape index (κ3) is 4.62. The van der Waals surface area contributed by atoms with E-state index in [1.54, 1.807) is 12.1 Å². The molecule has 0 fully saturated rings. The van der Waals surface area contributed by atoms with Gasteiger partial charge in [-0.2, -0.15) is 0 Å². The average molecular weight is 389 g/mol. The molecule has 1 heterocycles. The third-order valence-electron chi connectivity index (χ3n) is 3.33. The van der Waals surface area contributed by atoms with Crippen LogP contribution in [0.5, 0.6) is 0 Å². The van der Waals surface area contributed by atoms with Gasteiger partial charge in [-0.1, -0.05) is 23.4 Å². The lowest BCUT2D eigenvalue weighted by molar-refractivity contribution is -0.113. The Labute approximate surface area is 157 Å². The maximum absolute atomic E-state index is 12.0. The van der Waals surface area contributed by atoms with Gasteiger partial charge >= 0.3 is 5.97 Å². The Kier molecular flexibility index (Phi) is 5.55. The summed E-state index contributed by atoms with van der Waals surface area (Å²) >= 11 is 7.04. The van der Waals surface area contributed by atoms with Crippen LogP contribution in [0.25, 0.3) is 11.4 Å². The van der Waals surface area contributed by atoms with Crippen molar-refractivity contribution in [3.63, 3.8) is 0 Å². The monoisotopic (exact) mass is 388 g/mol. The number of H-pyrrole nitrogens is 1.